The van der Waals surface area contributed by atoms with Crippen LogP contribution in [0.15, 0.2) is 79.0 Å². The molecule has 0 radical (unpaired) electrons. The van der Waals surface area contributed by atoms with Crippen LogP contribution >= 0.6 is 11.6 Å². The molecular weight excluding hydrogens is 455 g/mol. The summed E-state index contributed by atoms with van der Waals surface area (Å²) in [4.78, 5) is 4.50. The van der Waals surface area contributed by atoms with Crippen LogP contribution in [0.4, 0.5) is 13.2 Å². The number of ether oxygens (including phenoxy) is 2. The lowest BCUT2D eigenvalue weighted by molar-refractivity contribution is -0.274. The number of aromatic nitrogens is 3. The Hall–Kier alpha value is -3.78. The Labute approximate surface area is 190 Å². The number of benzene rings is 3. The molecule has 166 valence electrons. The molecule has 0 saturated heterocycles. The fourth-order valence-corrected chi connectivity index (χ4v) is 3.71. The summed E-state index contributed by atoms with van der Waals surface area (Å²) in [5.74, 6) is 0.0706. The highest BCUT2D eigenvalue weighted by Crippen LogP contribution is 2.34. The first kappa shape index (κ1) is 21.1. The van der Waals surface area contributed by atoms with E-state index >= 15 is 0 Å². The van der Waals surface area contributed by atoms with Gasteiger partial charge in [-0.15, -0.1) is 13.2 Å². The average molecular weight is 470 g/mol. The van der Waals surface area contributed by atoms with Gasteiger partial charge in [-0.3, -0.25) is 4.98 Å². The van der Waals surface area contributed by atoms with Crippen molar-refractivity contribution >= 4 is 33.4 Å². The lowest BCUT2D eigenvalue weighted by Gasteiger charge is -2.12. The minimum Gasteiger partial charge on any atom is -0.472 e. The molecule has 0 aliphatic rings. The van der Waals surface area contributed by atoms with Gasteiger partial charge in [0.2, 0.25) is 5.88 Å². The monoisotopic (exact) mass is 469 g/mol. The Balaban J connectivity index is 1.61. The highest BCUT2D eigenvalue weighted by molar-refractivity contribution is 6.31. The van der Waals surface area contributed by atoms with Crippen molar-refractivity contribution in [2.45, 2.75) is 13.0 Å². The third-order valence-electron chi connectivity index (χ3n) is 5.01. The molecule has 5 aromatic rings. The summed E-state index contributed by atoms with van der Waals surface area (Å²) in [5.41, 5.74) is 2.70. The van der Waals surface area contributed by atoms with E-state index in [1.807, 2.05) is 42.5 Å². The van der Waals surface area contributed by atoms with Gasteiger partial charge in [-0.2, -0.15) is 9.78 Å². The van der Waals surface area contributed by atoms with Crippen molar-refractivity contribution in [1.82, 2.24) is 14.8 Å². The van der Waals surface area contributed by atoms with E-state index in [1.54, 1.807) is 12.3 Å². The van der Waals surface area contributed by atoms with E-state index in [1.165, 1.54) is 28.9 Å². The number of rotatable bonds is 5. The van der Waals surface area contributed by atoms with Crippen molar-refractivity contribution in [2.24, 2.45) is 0 Å². The van der Waals surface area contributed by atoms with E-state index < -0.39 is 6.36 Å². The van der Waals surface area contributed by atoms with E-state index in [-0.39, 0.29) is 12.4 Å². The summed E-state index contributed by atoms with van der Waals surface area (Å²) in [6, 6.07) is 20.2. The normalized spacial score (nSPS) is 11.8. The molecule has 5 rings (SSSR count). The van der Waals surface area contributed by atoms with Gasteiger partial charge in [0.05, 0.1) is 16.6 Å². The van der Waals surface area contributed by atoms with Crippen LogP contribution in [0.25, 0.3) is 27.5 Å². The molecule has 0 aliphatic heterocycles. The number of alkyl halides is 3. The summed E-state index contributed by atoms with van der Waals surface area (Å²) < 4.78 is 49.2. The molecule has 2 aromatic heterocycles. The van der Waals surface area contributed by atoms with Crippen molar-refractivity contribution in [2.75, 3.05) is 0 Å². The van der Waals surface area contributed by atoms with E-state index in [2.05, 4.69) is 9.72 Å². The number of hydrogen-bond donors (Lipinski definition) is 0. The van der Waals surface area contributed by atoms with E-state index in [4.69, 9.17) is 21.4 Å². The fourth-order valence-electron chi connectivity index (χ4n) is 3.51. The minimum absolute atomic E-state index is 0.169. The molecule has 2 heterocycles. The number of fused-ring (bicyclic) bond motifs is 3. The van der Waals surface area contributed by atoms with Crippen LogP contribution < -0.4 is 9.47 Å². The Morgan fingerprint density at radius 3 is 2.36 bits per heavy atom. The van der Waals surface area contributed by atoms with Crippen LogP contribution in [0.1, 0.15) is 5.56 Å². The number of hydrogen-bond acceptors (Lipinski definition) is 4. The summed E-state index contributed by atoms with van der Waals surface area (Å²) in [6.07, 6.45) is -3.10. The molecule has 33 heavy (non-hydrogen) atoms. The Morgan fingerprint density at radius 2 is 1.61 bits per heavy atom. The summed E-state index contributed by atoms with van der Waals surface area (Å²) in [7, 11) is 0. The Morgan fingerprint density at radius 1 is 0.879 bits per heavy atom. The number of para-hydroxylation sites is 1. The van der Waals surface area contributed by atoms with Crippen molar-refractivity contribution in [3.63, 3.8) is 0 Å². The van der Waals surface area contributed by atoms with Crippen LogP contribution in [0.5, 0.6) is 11.6 Å². The first-order valence-corrected chi connectivity index (χ1v) is 10.3. The smallest absolute Gasteiger partial charge is 0.472 e. The molecule has 0 spiro atoms. The average Bonchev–Trinajstić information content (AvgIpc) is 3.17. The maximum atomic E-state index is 12.5. The molecule has 5 nitrogen and oxygen atoms in total. The molecule has 0 amide bonds. The van der Waals surface area contributed by atoms with Crippen LogP contribution in [0.2, 0.25) is 5.02 Å². The number of pyridine rings is 1. The molecule has 0 aliphatic carbocycles. The van der Waals surface area contributed by atoms with Crippen LogP contribution in [0, 0.1) is 0 Å². The lowest BCUT2D eigenvalue weighted by Crippen LogP contribution is -2.17. The highest BCUT2D eigenvalue weighted by Gasteiger charge is 2.31. The van der Waals surface area contributed by atoms with E-state index in [9.17, 15) is 13.2 Å². The maximum absolute atomic E-state index is 12.5. The summed E-state index contributed by atoms with van der Waals surface area (Å²) in [5, 5.41) is 6.76. The molecule has 0 unspecified atom stereocenters. The fraction of sp³-hybridized carbons (Fsp3) is 0.0833. The molecule has 0 saturated carbocycles. The third-order valence-corrected chi connectivity index (χ3v) is 5.38. The van der Waals surface area contributed by atoms with Gasteiger partial charge < -0.3 is 9.47 Å². The second-order valence-corrected chi connectivity index (χ2v) is 7.58. The van der Waals surface area contributed by atoms with Crippen molar-refractivity contribution in [3.8, 4) is 17.3 Å². The molecular formula is C24H15ClF3N3O2. The molecule has 9 heteroatoms. The standard InChI is InChI=1S/C24H15ClF3N3O2/c25-20-7-3-1-5-15(20)14-32-23-19-13-29-21-8-4-2-6-18(21)22(19)30-31(23)16-9-11-17(12-10-16)33-24(26,27)28/h1-13H,14H2. The summed E-state index contributed by atoms with van der Waals surface area (Å²) >= 11 is 6.27. The van der Waals surface area contributed by atoms with Crippen molar-refractivity contribution in [3.05, 3.63) is 89.6 Å². The molecule has 0 fully saturated rings. The SMILES string of the molecule is FC(F)(F)Oc1ccc(-n2nc3c(cnc4ccccc43)c2OCc2ccccc2Cl)cc1. The predicted octanol–water partition coefficient (Wildman–Crippen LogP) is 6.70. The zero-order chi connectivity index (χ0) is 23.0. The number of nitrogens with zero attached hydrogens (tertiary/aromatic N) is 3. The lowest BCUT2D eigenvalue weighted by atomic mass is 10.2. The maximum Gasteiger partial charge on any atom is 0.573 e. The van der Waals surface area contributed by atoms with Gasteiger partial charge in [-0.05, 0) is 36.4 Å². The first-order valence-electron chi connectivity index (χ1n) is 9.88. The quantitative estimate of drug-likeness (QED) is 0.287. The van der Waals surface area contributed by atoms with Crippen LogP contribution in [-0.4, -0.2) is 21.1 Å². The van der Waals surface area contributed by atoms with Gasteiger partial charge in [0.25, 0.3) is 0 Å². The second kappa shape index (κ2) is 8.29. The van der Waals surface area contributed by atoms with Gasteiger partial charge >= 0.3 is 6.36 Å². The largest absolute Gasteiger partial charge is 0.573 e. The van der Waals surface area contributed by atoms with Gasteiger partial charge in [0.15, 0.2) is 0 Å². The van der Waals surface area contributed by atoms with Gasteiger partial charge in [0, 0.05) is 22.2 Å². The molecule has 0 atom stereocenters. The number of halogens is 4. The van der Waals surface area contributed by atoms with E-state index in [0.29, 0.717) is 27.5 Å². The van der Waals surface area contributed by atoms with E-state index in [0.717, 1.165) is 16.5 Å². The van der Waals surface area contributed by atoms with Gasteiger partial charge in [-0.25, -0.2) is 0 Å². The molecule has 0 bridgehead atoms. The van der Waals surface area contributed by atoms with Crippen molar-refractivity contribution < 1.29 is 22.6 Å². The van der Waals surface area contributed by atoms with Crippen LogP contribution in [0.3, 0.4) is 0 Å². The molecule has 3 aromatic carbocycles. The minimum atomic E-state index is -4.77. The summed E-state index contributed by atoms with van der Waals surface area (Å²) in [6.45, 7) is 0.169. The zero-order valence-electron chi connectivity index (χ0n) is 16.9. The van der Waals surface area contributed by atoms with Gasteiger partial charge in [-0.1, -0.05) is 48.0 Å². The molecule has 0 N–H and O–H groups in total. The Kier molecular flexibility index (Phi) is 5.30. The second-order valence-electron chi connectivity index (χ2n) is 7.18. The Bertz CT molecular complexity index is 1450. The van der Waals surface area contributed by atoms with Gasteiger partial charge in [0.1, 0.15) is 17.9 Å². The first-order chi connectivity index (χ1) is 15.9. The predicted molar refractivity (Wildman–Crippen MR) is 119 cm³/mol. The van der Waals surface area contributed by atoms with Crippen molar-refractivity contribution in [1.29, 1.82) is 0 Å². The topological polar surface area (TPSA) is 49.2 Å². The highest BCUT2D eigenvalue weighted by atomic mass is 35.5. The van der Waals surface area contributed by atoms with Crippen LogP contribution in [-0.2, 0) is 6.61 Å². The third kappa shape index (κ3) is 4.29. The zero-order valence-corrected chi connectivity index (χ0v) is 17.6.